The molecule has 2 aromatic heterocycles. The van der Waals surface area contributed by atoms with Crippen molar-refractivity contribution in [2.45, 2.75) is 33.5 Å². The summed E-state index contributed by atoms with van der Waals surface area (Å²) in [6.45, 7) is 3.86. The van der Waals surface area contributed by atoms with Gasteiger partial charge in [0.05, 0.1) is 6.61 Å². The predicted octanol–water partition coefficient (Wildman–Crippen LogP) is 4.20. The molecule has 4 aromatic rings. The average molecular weight is 465 g/mol. The van der Waals surface area contributed by atoms with Crippen molar-refractivity contribution in [3.05, 3.63) is 92.6 Å². The lowest BCUT2D eigenvalue weighted by Crippen LogP contribution is -2.06. The number of nitrogens with one attached hydrogen (secondary N) is 1. The van der Waals surface area contributed by atoms with E-state index >= 15 is 4.39 Å². The Balaban J connectivity index is 1.60. The number of pyridine rings is 1. The van der Waals surface area contributed by atoms with E-state index < -0.39 is 11.6 Å². The minimum Gasteiger partial charge on any atom is -0.506 e. The highest BCUT2D eigenvalue weighted by Crippen LogP contribution is 2.31. The maximum Gasteiger partial charge on any atom is 0.439 e. The summed E-state index contributed by atoms with van der Waals surface area (Å²) in [6.07, 6.45) is 0.372. The van der Waals surface area contributed by atoms with Gasteiger partial charge in [0.15, 0.2) is 17.4 Å². The third-order valence-electron chi connectivity index (χ3n) is 5.47. The molecule has 2 aromatic carbocycles. The second-order valence-electron chi connectivity index (χ2n) is 7.92. The quantitative estimate of drug-likeness (QED) is 0.401. The molecule has 176 valence electrons. The number of benzene rings is 2. The first-order chi connectivity index (χ1) is 16.4. The van der Waals surface area contributed by atoms with Gasteiger partial charge in [-0.25, -0.2) is 14.2 Å². The summed E-state index contributed by atoms with van der Waals surface area (Å²) in [5.74, 6) is -0.922. The Morgan fingerprint density at radius 3 is 2.71 bits per heavy atom. The molecule has 0 radical (unpaired) electrons. The van der Waals surface area contributed by atoms with Crippen LogP contribution in [0.5, 0.6) is 11.5 Å². The lowest BCUT2D eigenvalue weighted by atomic mass is 9.96. The average Bonchev–Trinajstić information content (AvgIpc) is 3.24. The normalized spacial score (nSPS) is 11.1. The molecule has 0 amide bonds. The van der Waals surface area contributed by atoms with Crippen LogP contribution in [0.25, 0.3) is 11.3 Å². The zero-order chi connectivity index (χ0) is 24.2. The molecule has 2 N–H and O–H groups in total. The van der Waals surface area contributed by atoms with Crippen molar-refractivity contribution >= 4 is 0 Å². The van der Waals surface area contributed by atoms with E-state index in [4.69, 9.17) is 9.47 Å². The summed E-state index contributed by atoms with van der Waals surface area (Å²) in [7, 11) is 1.62. The Hall–Kier alpha value is -3.98. The molecule has 0 fully saturated rings. The number of ether oxygens (including phenoxy) is 2. The van der Waals surface area contributed by atoms with Crippen LogP contribution in [0.3, 0.4) is 0 Å². The van der Waals surface area contributed by atoms with E-state index in [2.05, 4.69) is 19.6 Å². The van der Waals surface area contributed by atoms with Gasteiger partial charge in [0.25, 0.3) is 0 Å². The second kappa shape index (κ2) is 9.88. The van der Waals surface area contributed by atoms with E-state index in [1.807, 2.05) is 31.2 Å². The highest BCUT2D eigenvalue weighted by atomic mass is 19.1. The van der Waals surface area contributed by atoms with Crippen molar-refractivity contribution < 1.29 is 23.5 Å². The maximum absolute atomic E-state index is 15.1. The predicted molar refractivity (Wildman–Crippen MR) is 122 cm³/mol. The fraction of sp³-hybridized carbons (Fsp3) is 0.240. The van der Waals surface area contributed by atoms with Crippen LogP contribution in [0, 0.1) is 19.7 Å². The van der Waals surface area contributed by atoms with Crippen molar-refractivity contribution in [3.8, 4) is 22.8 Å². The molecular formula is C25H24FN3O5. The van der Waals surface area contributed by atoms with Crippen LogP contribution in [0.2, 0.25) is 0 Å². The third-order valence-corrected chi connectivity index (χ3v) is 5.47. The van der Waals surface area contributed by atoms with E-state index in [9.17, 15) is 9.90 Å². The van der Waals surface area contributed by atoms with E-state index in [1.54, 1.807) is 32.2 Å². The summed E-state index contributed by atoms with van der Waals surface area (Å²) < 4.78 is 30.2. The Labute approximate surface area is 195 Å². The molecular weight excluding hydrogens is 441 g/mol. The number of nitrogens with zero attached hydrogens (tertiary/aromatic N) is 2. The van der Waals surface area contributed by atoms with Gasteiger partial charge in [-0.1, -0.05) is 23.4 Å². The van der Waals surface area contributed by atoms with Gasteiger partial charge in [0, 0.05) is 24.8 Å². The second-order valence-corrected chi connectivity index (χ2v) is 7.92. The molecule has 0 atom stereocenters. The Morgan fingerprint density at radius 2 is 1.97 bits per heavy atom. The summed E-state index contributed by atoms with van der Waals surface area (Å²) in [5.41, 5.74) is 4.89. The minimum atomic E-state index is -0.701. The first kappa shape index (κ1) is 23.2. The molecule has 0 saturated carbocycles. The minimum absolute atomic E-state index is 0.0527. The van der Waals surface area contributed by atoms with Crippen LogP contribution in [0.4, 0.5) is 4.39 Å². The molecule has 4 rings (SSSR count). The number of hydrogen-bond acceptors (Lipinski definition) is 7. The molecule has 0 aliphatic rings. The van der Waals surface area contributed by atoms with Crippen LogP contribution in [-0.2, 0) is 24.4 Å². The number of aromatic hydroxyl groups is 1. The van der Waals surface area contributed by atoms with E-state index in [-0.39, 0.29) is 23.9 Å². The first-order valence-electron chi connectivity index (χ1n) is 10.6. The number of halogens is 1. The summed E-state index contributed by atoms with van der Waals surface area (Å²) in [6, 6.07) is 12.5. The number of rotatable bonds is 8. The SMILES string of the molecule is COCc1cccc(-c2nc(Cc3c(C)cc(OCc4noc(=O)[nH]4)c(F)c3C)ccc2O)c1. The molecule has 0 aliphatic heterocycles. The number of H-pyrrole nitrogens is 1. The highest BCUT2D eigenvalue weighted by molar-refractivity contribution is 5.66. The van der Waals surface area contributed by atoms with Crippen molar-refractivity contribution in [1.29, 1.82) is 0 Å². The molecule has 0 saturated heterocycles. The lowest BCUT2D eigenvalue weighted by Gasteiger charge is -2.15. The zero-order valence-electron chi connectivity index (χ0n) is 19.0. The summed E-state index contributed by atoms with van der Waals surface area (Å²) in [4.78, 5) is 18.0. The van der Waals surface area contributed by atoms with Gasteiger partial charge in [0.1, 0.15) is 18.1 Å². The van der Waals surface area contributed by atoms with Crippen molar-refractivity contribution in [3.63, 3.8) is 0 Å². The van der Waals surface area contributed by atoms with Crippen LogP contribution in [0.1, 0.15) is 33.8 Å². The number of aryl methyl sites for hydroxylation is 1. The Bertz CT molecular complexity index is 1380. The van der Waals surface area contributed by atoms with Crippen molar-refractivity contribution in [2.24, 2.45) is 0 Å². The molecule has 0 unspecified atom stereocenters. The van der Waals surface area contributed by atoms with Gasteiger partial charge in [-0.05, 0) is 60.4 Å². The van der Waals surface area contributed by atoms with E-state index in [1.165, 1.54) is 0 Å². The van der Waals surface area contributed by atoms with Gasteiger partial charge < -0.3 is 14.6 Å². The highest BCUT2D eigenvalue weighted by Gasteiger charge is 2.17. The number of aromatic amines is 1. The Kier molecular flexibility index (Phi) is 6.74. The first-order valence-corrected chi connectivity index (χ1v) is 10.6. The fourth-order valence-electron chi connectivity index (χ4n) is 3.77. The van der Waals surface area contributed by atoms with Gasteiger partial charge in [0.2, 0.25) is 0 Å². The lowest BCUT2D eigenvalue weighted by molar-refractivity contribution is 0.185. The molecule has 2 heterocycles. The molecule has 0 spiro atoms. The molecule has 9 heteroatoms. The van der Waals surface area contributed by atoms with Gasteiger partial charge in [-0.3, -0.25) is 9.51 Å². The number of methoxy groups -OCH3 is 1. The third kappa shape index (κ3) is 4.99. The van der Waals surface area contributed by atoms with Gasteiger partial charge >= 0.3 is 5.76 Å². The molecule has 8 nitrogen and oxygen atoms in total. The van der Waals surface area contributed by atoms with Crippen molar-refractivity contribution in [1.82, 2.24) is 15.1 Å². The molecule has 0 bridgehead atoms. The largest absolute Gasteiger partial charge is 0.506 e. The van der Waals surface area contributed by atoms with Crippen LogP contribution >= 0.6 is 0 Å². The molecule has 34 heavy (non-hydrogen) atoms. The standard InChI is InChI=1S/C25H24FN3O5/c1-14-9-21(33-13-22-28-25(31)34-29-22)23(26)15(2)19(14)11-18-7-8-20(30)24(27-18)17-6-4-5-16(10-17)12-32-3/h4-10,30H,11-13H2,1-3H3,(H,28,29,31). The monoisotopic (exact) mass is 465 g/mol. The van der Waals surface area contributed by atoms with Gasteiger partial charge in [-0.2, -0.15) is 0 Å². The van der Waals surface area contributed by atoms with Crippen LogP contribution in [0.15, 0.2) is 51.8 Å². The summed E-state index contributed by atoms with van der Waals surface area (Å²) >= 11 is 0. The topological polar surface area (TPSA) is 110 Å². The van der Waals surface area contributed by atoms with E-state index in [0.717, 1.165) is 22.3 Å². The number of hydrogen-bond donors (Lipinski definition) is 2. The number of aromatic nitrogens is 3. The van der Waals surface area contributed by atoms with Crippen LogP contribution < -0.4 is 10.5 Å². The fourth-order valence-corrected chi connectivity index (χ4v) is 3.77. The zero-order valence-corrected chi connectivity index (χ0v) is 19.0. The Morgan fingerprint density at radius 1 is 1.15 bits per heavy atom. The molecule has 0 aliphatic carbocycles. The smallest absolute Gasteiger partial charge is 0.439 e. The maximum atomic E-state index is 15.1. The van der Waals surface area contributed by atoms with Gasteiger partial charge in [-0.15, -0.1) is 0 Å². The van der Waals surface area contributed by atoms with Crippen molar-refractivity contribution in [2.75, 3.05) is 7.11 Å². The summed E-state index contributed by atoms with van der Waals surface area (Å²) in [5, 5.41) is 13.9. The van der Waals surface area contributed by atoms with E-state index in [0.29, 0.717) is 30.0 Å². The van der Waals surface area contributed by atoms with Crippen LogP contribution in [-0.4, -0.2) is 27.3 Å².